The lowest BCUT2D eigenvalue weighted by molar-refractivity contribution is 0.476. The molecule has 0 saturated heterocycles. The van der Waals surface area contributed by atoms with Gasteiger partial charge in [-0.2, -0.15) is 0 Å². The zero-order valence-electron chi connectivity index (χ0n) is 10.0. The lowest BCUT2D eigenvalue weighted by atomic mass is 9.93. The molecule has 0 amide bonds. The number of hydrogen-bond donors (Lipinski definition) is 0. The molecule has 0 nitrogen and oxygen atoms in total. The molecule has 0 aromatic heterocycles. The second kappa shape index (κ2) is 5.89. The van der Waals surface area contributed by atoms with Gasteiger partial charge in [-0.1, -0.05) is 45.7 Å². The molecule has 1 rings (SSSR count). The van der Waals surface area contributed by atoms with Crippen LogP contribution in [0.15, 0.2) is 18.2 Å². The van der Waals surface area contributed by atoms with Crippen molar-refractivity contribution in [3.8, 4) is 0 Å². The van der Waals surface area contributed by atoms with Gasteiger partial charge in [0, 0.05) is 0 Å². The summed E-state index contributed by atoms with van der Waals surface area (Å²) in [5.41, 5.74) is 1.96. The van der Waals surface area contributed by atoms with Gasteiger partial charge in [0.05, 0.1) is 0 Å². The average molecular weight is 208 g/mol. The maximum absolute atomic E-state index is 13.7. The molecule has 0 spiro atoms. The van der Waals surface area contributed by atoms with Crippen molar-refractivity contribution in [2.75, 3.05) is 0 Å². The second-order valence-corrected chi connectivity index (χ2v) is 4.17. The molecule has 0 radical (unpaired) electrons. The zero-order valence-corrected chi connectivity index (χ0v) is 10.0. The Morgan fingerprint density at radius 1 is 1.13 bits per heavy atom. The van der Waals surface area contributed by atoms with Crippen molar-refractivity contribution in [1.29, 1.82) is 0 Å². The summed E-state index contributed by atoms with van der Waals surface area (Å²) in [6.07, 6.45) is 4.04. The number of benzene rings is 1. The van der Waals surface area contributed by atoms with Crippen LogP contribution < -0.4 is 0 Å². The average Bonchev–Trinajstić information content (AvgIpc) is 2.27. The third-order valence-electron chi connectivity index (χ3n) is 3.19. The van der Waals surface area contributed by atoms with Gasteiger partial charge in [-0.05, 0) is 36.0 Å². The predicted octanol–water partition coefficient (Wildman–Crippen LogP) is 4.37. The normalized spacial score (nSPS) is 11.0. The van der Waals surface area contributed by atoms with Crippen molar-refractivity contribution in [2.45, 2.75) is 46.5 Å². The molecular formula is C14H21F. The Labute approximate surface area is 92.5 Å². The monoisotopic (exact) mass is 208 g/mol. The summed E-state index contributed by atoms with van der Waals surface area (Å²) in [5, 5.41) is 0. The molecule has 0 heterocycles. The Kier molecular flexibility index (Phi) is 4.80. The van der Waals surface area contributed by atoms with Gasteiger partial charge in [0.1, 0.15) is 5.82 Å². The van der Waals surface area contributed by atoms with E-state index < -0.39 is 0 Å². The van der Waals surface area contributed by atoms with E-state index in [9.17, 15) is 4.39 Å². The first-order valence-corrected chi connectivity index (χ1v) is 5.98. The largest absolute Gasteiger partial charge is 0.207 e. The SMILES string of the molecule is CCc1ccc(CC(CC)CC)c(F)c1. The summed E-state index contributed by atoms with van der Waals surface area (Å²) in [7, 11) is 0. The van der Waals surface area contributed by atoms with Crippen LogP contribution in [0.3, 0.4) is 0 Å². The Morgan fingerprint density at radius 3 is 2.27 bits per heavy atom. The quantitative estimate of drug-likeness (QED) is 0.674. The van der Waals surface area contributed by atoms with Crippen LogP contribution in [0.25, 0.3) is 0 Å². The van der Waals surface area contributed by atoms with Gasteiger partial charge in [0.15, 0.2) is 0 Å². The minimum Gasteiger partial charge on any atom is -0.207 e. The van der Waals surface area contributed by atoms with Gasteiger partial charge in [-0.25, -0.2) is 4.39 Å². The van der Waals surface area contributed by atoms with E-state index in [1.54, 1.807) is 6.07 Å². The Balaban J connectivity index is 2.77. The minimum atomic E-state index is -0.0266. The first-order chi connectivity index (χ1) is 7.21. The highest BCUT2D eigenvalue weighted by molar-refractivity contribution is 5.24. The van der Waals surface area contributed by atoms with E-state index >= 15 is 0 Å². The zero-order chi connectivity index (χ0) is 11.3. The van der Waals surface area contributed by atoms with Gasteiger partial charge in [0.25, 0.3) is 0 Å². The number of halogens is 1. The molecule has 1 aromatic rings. The van der Waals surface area contributed by atoms with E-state index in [0.717, 1.165) is 36.8 Å². The van der Waals surface area contributed by atoms with Crippen LogP contribution in [0, 0.1) is 11.7 Å². The van der Waals surface area contributed by atoms with Gasteiger partial charge < -0.3 is 0 Å². The fourth-order valence-electron chi connectivity index (χ4n) is 1.86. The van der Waals surface area contributed by atoms with Gasteiger partial charge >= 0.3 is 0 Å². The molecular weight excluding hydrogens is 187 g/mol. The molecule has 15 heavy (non-hydrogen) atoms. The topological polar surface area (TPSA) is 0 Å². The van der Waals surface area contributed by atoms with Gasteiger partial charge in [0.2, 0.25) is 0 Å². The van der Waals surface area contributed by atoms with E-state index in [0.29, 0.717) is 5.92 Å². The molecule has 0 fully saturated rings. The summed E-state index contributed by atoms with van der Waals surface area (Å²) in [4.78, 5) is 0. The summed E-state index contributed by atoms with van der Waals surface area (Å²) < 4.78 is 13.7. The molecule has 0 aliphatic heterocycles. The van der Waals surface area contributed by atoms with E-state index in [2.05, 4.69) is 20.8 Å². The Bertz CT molecular complexity index is 300. The lowest BCUT2D eigenvalue weighted by Gasteiger charge is -2.13. The summed E-state index contributed by atoms with van der Waals surface area (Å²) in [6, 6.07) is 5.67. The van der Waals surface area contributed by atoms with Crippen LogP contribution in [-0.4, -0.2) is 0 Å². The van der Waals surface area contributed by atoms with Crippen LogP contribution in [0.2, 0.25) is 0 Å². The predicted molar refractivity (Wildman–Crippen MR) is 63.6 cm³/mol. The maximum atomic E-state index is 13.7. The van der Waals surface area contributed by atoms with Crippen LogP contribution >= 0.6 is 0 Å². The van der Waals surface area contributed by atoms with Gasteiger partial charge in [-0.15, -0.1) is 0 Å². The summed E-state index contributed by atoms with van der Waals surface area (Å²) >= 11 is 0. The van der Waals surface area contributed by atoms with Crippen LogP contribution in [0.5, 0.6) is 0 Å². The fraction of sp³-hybridized carbons (Fsp3) is 0.571. The first-order valence-electron chi connectivity index (χ1n) is 5.98. The van der Waals surface area contributed by atoms with Crippen molar-refractivity contribution < 1.29 is 4.39 Å². The van der Waals surface area contributed by atoms with Crippen molar-refractivity contribution in [1.82, 2.24) is 0 Å². The minimum absolute atomic E-state index is 0.0266. The number of hydrogen-bond acceptors (Lipinski definition) is 0. The van der Waals surface area contributed by atoms with Crippen molar-refractivity contribution in [2.24, 2.45) is 5.92 Å². The summed E-state index contributed by atoms with van der Waals surface area (Å²) in [5.74, 6) is 0.591. The van der Waals surface area contributed by atoms with Crippen molar-refractivity contribution in [3.63, 3.8) is 0 Å². The molecule has 84 valence electrons. The molecule has 1 heteroatoms. The van der Waals surface area contributed by atoms with E-state index in [1.807, 2.05) is 12.1 Å². The van der Waals surface area contributed by atoms with Crippen LogP contribution in [0.4, 0.5) is 4.39 Å². The maximum Gasteiger partial charge on any atom is 0.126 e. The highest BCUT2D eigenvalue weighted by atomic mass is 19.1. The molecule has 0 aliphatic rings. The second-order valence-electron chi connectivity index (χ2n) is 4.17. The molecule has 1 aromatic carbocycles. The third kappa shape index (κ3) is 3.33. The molecule has 0 saturated carbocycles. The molecule has 0 atom stereocenters. The van der Waals surface area contributed by atoms with E-state index in [1.165, 1.54) is 0 Å². The van der Waals surface area contributed by atoms with Crippen molar-refractivity contribution in [3.05, 3.63) is 35.1 Å². The number of rotatable bonds is 5. The molecule has 0 aliphatic carbocycles. The summed E-state index contributed by atoms with van der Waals surface area (Å²) in [6.45, 7) is 6.40. The van der Waals surface area contributed by atoms with Gasteiger partial charge in [-0.3, -0.25) is 0 Å². The van der Waals surface area contributed by atoms with Crippen molar-refractivity contribution >= 4 is 0 Å². The van der Waals surface area contributed by atoms with E-state index in [4.69, 9.17) is 0 Å². The van der Waals surface area contributed by atoms with Crippen LogP contribution in [0.1, 0.15) is 44.7 Å². The first kappa shape index (κ1) is 12.2. The third-order valence-corrected chi connectivity index (χ3v) is 3.19. The standard InChI is InChI=1S/C14H21F/c1-4-11(5-2)9-13-8-7-12(6-3)10-14(13)15/h7-8,10-11H,4-6,9H2,1-3H3. The van der Waals surface area contributed by atoms with E-state index in [-0.39, 0.29) is 5.82 Å². The highest BCUT2D eigenvalue weighted by Crippen LogP contribution is 2.19. The smallest absolute Gasteiger partial charge is 0.126 e. The molecule has 0 unspecified atom stereocenters. The van der Waals surface area contributed by atoms with Crippen LogP contribution in [-0.2, 0) is 12.8 Å². The lowest BCUT2D eigenvalue weighted by Crippen LogP contribution is -2.04. The fourth-order valence-corrected chi connectivity index (χ4v) is 1.86. The molecule has 0 N–H and O–H groups in total. The Morgan fingerprint density at radius 2 is 1.80 bits per heavy atom. The highest BCUT2D eigenvalue weighted by Gasteiger charge is 2.09. The number of aryl methyl sites for hydroxylation is 1. The molecule has 0 bridgehead atoms. The Hall–Kier alpha value is -0.850.